The van der Waals surface area contributed by atoms with Gasteiger partial charge < -0.3 is 33.4 Å². The molecule has 0 aliphatic carbocycles. The molecule has 0 saturated carbocycles. The minimum Gasteiger partial charge on any atom is -0.399 e. The van der Waals surface area contributed by atoms with Gasteiger partial charge >= 0.3 is 7.12 Å². The number of hydrogen-bond acceptors (Lipinski definition) is 19. The normalized spacial score (nSPS) is 15.7. The lowest BCUT2D eigenvalue weighted by Crippen LogP contribution is -2.41. The van der Waals surface area contributed by atoms with Gasteiger partial charge in [-0.3, -0.25) is 29.0 Å². The van der Waals surface area contributed by atoms with Gasteiger partial charge in [-0.25, -0.2) is 43.1 Å². The summed E-state index contributed by atoms with van der Waals surface area (Å²) >= 11 is 3.44. The predicted molar refractivity (Wildman–Crippen MR) is 439 cm³/mol. The smallest absolute Gasteiger partial charge is 0.399 e. The van der Waals surface area contributed by atoms with Crippen molar-refractivity contribution in [2.75, 3.05) is 33.0 Å². The fraction of sp³-hybridized carbons (Fsp3) is 0.250. The molecular formula is C88H82BBrF3N15O7. The van der Waals surface area contributed by atoms with Crippen LogP contribution in [0.25, 0.3) is 123 Å². The van der Waals surface area contributed by atoms with E-state index in [-0.39, 0.29) is 55.0 Å². The Kier molecular flexibility index (Phi) is 24.9. The van der Waals surface area contributed by atoms with Crippen LogP contribution in [0.5, 0.6) is 0 Å². The fourth-order valence-corrected chi connectivity index (χ4v) is 13.9. The lowest BCUT2D eigenvalue weighted by molar-refractivity contribution is -0.164. The quantitative estimate of drug-likeness (QED) is 0.0739. The van der Waals surface area contributed by atoms with Gasteiger partial charge in [0.2, 0.25) is 0 Å². The molecule has 3 aliphatic rings. The van der Waals surface area contributed by atoms with E-state index >= 15 is 0 Å². The monoisotopic (exact) mass is 1610 g/mol. The summed E-state index contributed by atoms with van der Waals surface area (Å²) in [4.78, 5) is 40.1. The summed E-state index contributed by atoms with van der Waals surface area (Å²) in [6.07, 6.45) is 33.2. The summed E-state index contributed by atoms with van der Waals surface area (Å²) in [7, 11) is -0.364. The number of rotatable bonds is 19. The van der Waals surface area contributed by atoms with Crippen LogP contribution in [0.4, 0.5) is 13.2 Å². The minimum absolute atomic E-state index is 0.0221. The van der Waals surface area contributed by atoms with Crippen molar-refractivity contribution in [1.29, 1.82) is 0 Å². The molecule has 3 fully saturated rings. The summed E-state index contributed by atoms with van der Waals surface area (Å²) < 4.78 is 84.4. The van der Waals surface area contributed by atoms with Crippen molar-refractivity contribution >= 4 is 61.6 Å². The van der Waals surface area contributed by atoms with Gasteiger partial charge in [-0.05, 0) is 208 Å². The van der Waals surface area contributed by atoms with Crippen LogP contribution in [0.15, 0.2) is 243 Å². The first-order valence-electron chi connectivity index (χ1n) is 38.1. The van der Waals surface area contributed by atoms with E-state index in [1.165, 1.54) is 24.6 Å². The highest BCUT2D eigenvalue weighted by Gasteiger charge is 2.52. The molecule has 115 heavy (non-hydrogen) atoms. The zero-order chi connectivity index (χ0) is 79.3. The number of ether oxygens (including phenoxy) is 4. The van der Waals surface area contributed by atoms with E-state index in [9.17, 15) is 13.2 Å². The molecule has 27 heteroatoms. The van der Waals surface area contributed by atoms with Crippen molar-refractivity contribution in [3.8, 4) is 89.4 Å². The van der Waals surface area contributed by atoms with Crippen LogP contribution in [0.1, 0.15) is 66.2 Å². The van der Waals surface area contributed by atoms with Crippen molar-refractivity contribution in [3.63, 3.8) is 0 Å². The molecule has 2 atom stereocenters. The summed E-state index contributed by atoms with van der Waals surface area (Å²) in [5.41, 5.74) is 13.9. The summed E-state index contributed by atoms with van der Waals surface area (Å²) in [5.74, 6) is -0.965. The van der Waals surface area contributed by atoms with Gasteiger partial charge in [0.05, 0.1) is 80.1 Å². The largest absolute Gasteiger partial charge is 0.498 e. The Morgan fingerprint density at radius 1 is 0.435 bits per heavy atom. The van der Waals surface area contributed by atoms with E-state index in [1.54, 1.807) is 121 Å². The van der Waals surface area contributed by atoms with Gasteiger partial charge in [-0.1, -0.05) is 36.4 Å². The van der Waals surface area contributed by atoms with E-state index in [1.807, 2.05) is 107 Å². The molecule has 3 aliphatic heterocycles. The zero-order valence-corrected chi connectivity index (χ0v) is 65.4. The van der Waals surface area contributed by atoms with E-state index in [4.69, 9.17) is 33.4 Å². The number of benzene rings is 3. The van der Waals surface area contributed by atoms with Crippen molar-refractivity contribution in [2.45, 2.75) is 110 Å². The van der Waals surface area contributed by atoms with Crippen molar-refractivity contribution in [3.05, 3.63) is 260 Å². The Hall–Kier alpha value is -11.5. The van der Waals surface area contributed by atoms with Gasteiger partial charge in [0.25, 0.3) is 0 Å². The number of fused-ring (bicyclic) bond motifs is 3. The van der Waals surface area contributed by atoms with Crippen LogP contribution in [-0.2, 0) is 47.9 Å². The average Bonchev–Trinajstić information content (AvgIpc) is 0.979. The van der Waals surface area contributed by atoms with Gasteiger partial charge in [-0.2, -0.15) is 15.3 Å². The van der Waals surface area contributed by atoms with E-state index in [2.05, 4.69) is 110 Å². The van der Waals surface area contributed by atoms with Crippen LogP contribution in [0, 0.1) is 17.5 Å². The number of nitrogens with zero attached hydrogens (tertiary/aromatic N) is 15. The Labute approximate surface area is 671 Å². The summed E-state index contributed by atoms with van der Waals surface area (Å²) in [6, 6.07) is 43.0. The zero-order valence-electron chi connectivity index (χ0n) is 63.8. The molecule has 0 spiro atoms. The van der Waals surface area contributed by atoms with E-state index < -0.39 is 0 Å². The first-order chi connectivity index (χ1) is 56.1. The molecule has 2 unspecified atom stereocenters. The first kappa shape index (κ1) is 78.7. The van der Waals surface area contributed by atoms with Crippen molar-refractivity contribution < 1.29 is 46.5 Å². The van der Waals surface area contributed by atoms with Crippen LogP contribution in [0.2, 0.25) is 0 Å². The molecule has 1 N–H and O–H groups in total. The summed E-state index contributed by atoms with van der Waals surface area (Å²) in [5, 5.41) is 24.9. The fourth-order valence-electron chi connectivity index (χ4n) is 13.6. The number of aliphatic hydroxyl groups excluding tert-OH is 1. The second-order valence-corrected chi connectivity index (χ2v) is 29.6. The van der Waals surface area contributed by atoms with Gasteiger partial charge in [0.1, 0.15) is 17.5 Å². The first-order valence-corrected chi connectivity index (χ1v) is 38.9. The number of aromatic nitrogens is 15. The van der Waals surface area contributed by atoms with Crippen LogP contribution in [-0.4, -0.2) is 143 Å². The lowest BCUT2D eigenvalue weighted by Gasteiger charge is -2.32. The van der Waals surface area contributed by atoms with Crippen LogP contribution >= 0.6 is 15.9 Å². The third kappa shape index (κ3) is 19.0. The highest BCUT2D eigenvalue weighted by Crippen LogP contribution is 2.40. The Bertz CT molecular complexity index is 5850. The van der Waals surface area contributed by atoms with Gasteiger partial charge in [0.15, 0.2) is 29.5 Å². The molecule has 3 aromatic carbocycles. The SMILES string of the molecule is CC1(C)OB(c2cnn(CCOC3CCCCO3)c2)OC1(C)C.Fc1ccccc1-c1cc(-c2cncc(-c3cnn(CCOC4CCCCO4)c3)c2)c2cccnc2n1.Fc1ccccc1-c1cc(-c2cncc(Br)c2)c2cccnc2n1.OCCn1cc(-c2cncc(-c3cc(-c4ccccc4F)nc4ncccc34)c2)cn1. The Morgan fingerprint density at radius 3 is 1.23 bits per heavy atom. The molecule has 0 amide bonds. The lowest BCUT2D eigenvalue weighted by atomic mass is 9.82. The second-order valence-electron chi connectivity index (χ2n) is 28.7. The molecule has 22 nitrogen and oxygen atoms in total. The van der Waals surface area contributed by atoms with Crippen molar-refractivity contribution in [2.24, 2.45) is 0 Å². The number of pyridine rings is 9. The average molecular weight is 1610 g/mol. The van der Waals surface area contributed by atoms with Crippen LogP contribution < -0.4 is 5.46 Å². The van der Waals surface area contributed by atoms with Gasteiger partial charge in [0, 0.05) is 176 Å². The highest BCUT2D eigenvalue weighted by atomic mass is 79.9. The molecule has 15 aromatic rings. The molecule has 18 rings (SSSR count). The molecule has 0 radical (unpaired) electrons. The molecule has 3 saturated heterocycles. The third-order valence-electron chi connectivity index (χ3n) is 20.3. The standard InChI is InChI=1S/C29H26FN5O2.C24H18FN5O.C19H11BrFN3.C16H27BN2O4/c30-26-8-2-1-6-24(26)27-15-25(23-7-5-10-32-29(23)34-27)21-14-20(16-31-17-21)22-18-33-35(19-22)11-13-37-28-9-3-4-12-36-28;25-22-6-2-1-4-20(22)23-11-21(19-5-3-7-27-24(19)29-23)17-10-16(12-26-13-17)18-14-28-30(15-18)8-9-31;20-13-8-12(10-22-11-13)16-9-18(15-4-1-2-6-17(15)21)24-19-14(16)5-3-7-23-19;1-15(2)16(3,4)23-17(22-15)13-11-18-19(12-13)8-10-21-14-7-5-6-9-20-14/h1-2,5-8,10,14-19,28H,3-4,9,11-13H2;1-7,10-15,31H,8-9H2;1-11H;11-12,14H,5-10H2,1-4H3. The third-order valence-corrected chi connectivity index (χ3v) is 20.7. The number of hydrogen-bond donors (Lipinski definition) is 1. The molecule has 0 bridgehead atoms. The predicted octanol–water partition coefficient (Wildman–Crippen LogP) is 17.2. The summed E-state index contributed by atoms with van der Waals surface area (Å²) in [6.45, 7) is 12.7. The number of halogens is 4. The highest BCUT2D eigenvalue weighted by molar-refractivity contribution is 9.10. The van der Waals surface area contributed by atoms with Gasteiger partial charge in [-0.15, -0.1) is 0 Å². The topological polar surface area (TPSA) is 245 Å². The maximum atomic E-state index is 14.6. The molecule has 582 valence electrons. The van der Waals surface area contributed by atoms with Crippen molar-refractivity contribution in [1.82, 2.24) is 74.2 Å². The Balaban J connectivity index is 0.000000123. The molecule has 15 heterocycles. The maximum Gasteiger partial charge on any atom is 0.498 e. The minimum atomic E-state index is -0.364. The maximum absolute atomic E-state index is 14.6. The number of aliphatic hydroxyl groups is 1. The Morgan fingerprint density at radius 2 is 0.826 bits per heavy atom. The molecular weight excluding hydrogens is 1530 g/mol. The van der Waals surface area contributed by atoms with E-state index in [0.29, 0.717) is 83.6 Å². The second kappa shape index (κ2) is 36.3. The van der Waals surface area contributed by atoms with Crippen LogP contribution in [0.3, 0.4) is 0 Å². The molecule has 12 aromatic heterocycles. The van der Waals surface area contributed by atoms with E-state index in [0.717, 1.165) is 127 Å².